The Kier molecular flexibility index (Phi) is 9.21. The van der Waals surface area contributed by atoms with Crippen molar-refractivity contribution in [3.05, 3.63) is 35.9 Å². The normalized spacial score (nSPS) is 13.1. The zero-order valence-electron chi connectivity index (χ0n) is 13.7. The number of benzene rings is 1. The molecule has 5 nitrogen and oxygen atoms in total. The molecule has 0 aliphatic heterocycles. The van der Waals surface area contributed by atoms with Crippen molar-refractivity contribution in [1.82, 2.24) is 5.32 Å². The molecular weight excluding hydrogens is 314 g/mol. The number of rotatable bonds is 10. The Morgan fingerprint density at radius 3 is 2.57 bits per heavy atom. The lowest BCUT2D eigenvalue weighted by Crippen LogP contribution is -2.41. The van der Waals surface area contributed by atoms with Gasteiger partial charge in [0.25, 0.3) is 0 Å². The van der Waals surface area contributed by atoms with Crippen LogP contribution in [0.15, 0.2) is 30.3 Å². The molecule has 0 radical (unpaired) electrons. The number of aliphatic carboxylic acids is 1. The second kappa shape index (κ2) is 10.9. The maximum Gasteiger partial charge on any atom is 0.408 e. The van der Waals surface area contributed by atoms with Gasteiger partial charge in [-0.1, -0.05) is 50.6 Å². The smallest absolute Gasteiger partial charge is 0.408 e. The first-order valence-corrected chi connectivity index (χ1v) is 8.89. The number of amides is 1. The van der Waals surface area contributed by atoms with Crippen LogP contribution in [0.4, 0.5) is 4.79 Å². The molecule has 6 heteroatoms. The molecule has 2 unspecified atom stereocenters. The first-order chi connectivity index (χ1) is 11.0. The van der Waals surface area contributed by atoms with E-state index in [0.717, 1.165) is 18.4 Å². The average Bonchev–Trinajstić information content (AvgIpc) is 2.53. The van der Waals surface area contributed by atoms with Crippen molar-refractivity contribution in [2.75, 3.05) is 5.75 Å². The third kappa shape index (κ3) is 8.50. The summed E-state index contributed by atoms with van der Waals surface area (Å²) in [4.78, 5) is 23.0. The van der Waals surface area contributed by atoms with Crippen LogP contribution in [0.3, 0.4) is 0 Å². The molecule has 0 aromatic heterocycles. The fraction of sp³-hybridized carbons (Fsp3) is 0.529. The molecular formula is C17H25NO4S. The molecule has 0 aliphatic rings. The summed E-state index contributed by atoms with van der Waals surface area (Å²) in [5.41, 5.74) is 0.860. The molecule has 1 amide bonds. The Morgan fingerprint density at radius 1 is 1.26 bits per heavy atom. The van der Waals surface area contributed by atoms with Gasteiger partial charge in [0.05, 0.1) is 0 Å². The third-order valence-corrected chi connectivity index (χ3v) is 4.58. The van der Waals surface area contributed by atoms with Crippen molar-refractivity contribution < 1.29 is 19.4 Å². The molecule has 1 aromatic carbocycles. The van der Waals surface area contributed by atoms with Crippen molar-refractivity contribution in [1.29, 1.82) is 0 Å². The van der Waals surface area contributed by atoms with E-state index in [0.29, 0.717) is 17.4 Å². The summed E-state index contributed by atoms with van der Waals surface area (Å²) in [7, 11) is 0. The summed E-state index contributed by atoms with van der Waals surface area (Å²) in [6.07, 6.45) is 1.90. The Bertz CT molecular complexity index is 481. The monoisotopic (exact) mass is 339 g/mol. The molecule has 2 atom stereocenters. The number of hydrogen-bond donors (Lipinski definition) is 2. The highest BCUT2D eigenvalue weighted by molar-refractivity contribution is 7.99. The highest BCUT2D eigenvalue weighted by Crippen LogP contribution is 2.17. The zero-order valence-corrected chi connectivity index (χ0v) is 14.5. The number of carboxylic acids is 1. The molecule has 128 valence electrons. The average molecular weight is 339 g/mol. The maximum atomic E-state index is 11.7. The summed E-state index contributed by atoms with van der Waals surface area (Å²) in [5, 5.41) is 12.1. The van der Waals surface area contributed by atoms with Crippen molar-refractivity contribution in [2.24, 2.45) is 0 Å². The number of thioether (sulfide) groups is 1. The van der Waals surface area contributed by atoms with E-state index < -0.39 is 18.1 Å². The topological polar surface area (TPSA) is 75.6 Å². The number of carbonyl (C=O) groups is 2. The van der Waals surface area contributed by atoms with Gasteiger partial charge in [-0.05, 0) is 24.2 Å². The van der Waals surface area contributed by atoms with E-state index in [1.165, 1.54) is 0 Å². The van der Waals surface area contributed by atoms with Gasteiger partial charge in [0.15, 0.2) is 0 Å². The van der Waals surface area contributed by atoms with Gasteiger partial charge in [0.1, 0.15) is 12.6 Å². The molecule has 0 saturated heterocycles. The molecule has 0 fully saturated rings. The second-order valence-electron chi connectivity index (χ2n) is 5.36. The lowest BCUT2D eigenvalue weighted by Gasteiger charge is -2.16. The van der Waals surface area contributed by atoms with Gasteiger partial charge < -0.3 is 15.2 Å². The fourth-order valence-electron chi connectivity index (χ4n) is 2.04. The first kappa shape index (κ1) is 19.4. The summed E-state index contributed by atoms with van der Waals surface area (Å²) >= 11 is 1.73. The van der Waals surface area contributed by atoms with Gasteiger partial charge in [0.2, 0.25) is 0 Å². The highest BCUT2D eigenvalue weighted by atomic mass is 32.2. The summed E-state index contributed by atoms with van der Waals surface area (Å²) in [5.74, 6) is -0.345. The summed E-state index contributed by atoms with van der Waals surface area (Å²) in [6, 6.07) is 8.35. The Hall–Kier alpha value is -1.69. The predicted molar refractivity (Wildman–Crippen MR) is 92.6 cm³/mol. The van der Waals surface area contributed by atoms with Gasteiger partial charge in [-0.3, -0.25) is 0 Å². The van der Waals surface area contributed by atoms with Gasteiger partial charge in [-0.25, -0.2) is 9.59 Å². The molecule has 2 N–H and O–H groups in total. The van der Waals surface area contributed by atoms with Crippen LogP contribution in [0, 0.1) is 0 Å². The quantitative estimate of drug-likeness (QED) is 0.680. The largest absolute Gasteiger partial charge is 0.480 e. The number of carboxylic acid groups (broad SMARTS) is 1. The number of nitrogens with one attached hydrogen (secondary N) is 1. The van der Waals surface area contributed by atoms with Crippen LogP contribution in [0.1, 0.15) is 38.7 Å². The minimum atomic E-state index is -1.04. The Labute approximate surface area is 141 Å². The Balaban J connectivity index is 2.33. The van der Waals surface area contributed by atoms with E-state index in [1.807, 2.05) is 30.3 Å². The fourth-order valence-corrected chi connectivity index (χ4v) is 3.22. The SMILES string of the molecule is CCCC(C)SCCC(NC(=O)OCc1ccccc1)C(=O)O. The van der Waals surface area contributed by atoms with Crippen LogP contribution in [-0.2, 0) is 16.1 Å². The van der Waals surface area contributed by atoms with Crippen LogP contribution in [0.5, 0.6) is 0 Å². The zero-order chi connectivity index (χ0) is 17.1. The van der Waals surface area contributed by atoms with Crippen LogP contribution in [0.25, 0.3) is 0 Å². The highest BCUT2D eigenvalue weighted by Gasteiger charge is 2.20. The molecule has 0 bridgehead atoms. The van der Waals surface area contributed by atoms with Crippen LogP contribution in [-0.4, -0.2) is 34.2 Å². The van der Waals surface area contributed by atoms with E-state index in [9.17, 15) is 14.7 Å². The number of carbonyl (C=O) groups excluding carboxylic acids is 1. The van der Waals surface area contributed by atoms with Gasteiger partial charge in [-0.15, -0.1) is 0 Å². The predicted octanol–water partition coefficient (Wildman–Crippen LogP) is 3.68. The number of hydrogen-bond acceptors (Lipinski definition) is 4. The third-order valence-electron chi connectivity index (χ3n) is 3.31. The van der Waals surface area contributed by atoms with E-state index >= 15 is 0 Å². The summed E-state index contributed by atoms with van der Waals surface area (Å²) in [6.45, 7) is 4.38. The lowest BCUT2D eigenvalue weighted by atomic mass is 10.2. The lowest BCUT2D eigenvalue weighted by molar-refractivity contribution is -0.139. The van der Waals surface area contributed by atoms with Crippen molar-refractivity contribution in [2.45, 2.75) is 51.0 Å². The molecule has 0 aliphatic carbocycles. The van der Waals surface area contributed by atoms with E-state index in [2.05, 4.69) is 19.2 Å². The molecule has 23 heavy (non-hydrogen) atoms. The van der Waals surface area contributed by atoms with Gasteiger partial charge >= 0.3 is 12.1 Å². The van der Waals surface area contributed by atoms with Crippen molar-refractivity contribution in [3.8, 4) is 0 Å². The molecule has 1 aromatic rings. The van der Waals surface area contributed by atoms with Crippen LogP contribution >= 0.6 is 11.8 Å². The van der Waals surface area contributed by atoms with Crippen molar-refractivity contribution in [3.63, 3.8) is 0 Å². The Morgan fingerprint density at radius 2 is 1.96 bits per heavy atom. The molecule has 1 rings (SSSR count). The second-order valence-corrected chi connectivity index (χ2v) is 6.90. The molecule has 0 heterocycles. The van der Waals surface area contributed by atoms with Crippen molar-refractivity contribution >= 4 is 23.8 Å². The first-order valence-electron chi connectivity index (χ1n) is 7.84. The number of ether oxygens (including phenoxy) is 1. The number of alkyl carbamates (subject to hydrolysis) is 1. The molecule has 0 saturated carbocycles. The minimum absolute atomic E-state index is 0.126. The standard InChI is InChI=1S/C17H25NO4S/c1-3-7-13(2)23-11-10-15(16(19)20)18-17(21)22-12-14-8-5-4-6-9-14/h4-6,8-9,13,15H,3,7,10-12H2,1-2H3,(H,18,21)(H,19,20). The van der Waals surface area contributed by atoms with E-state index in [1.54, 1.807) is 11.8 Å². The molecule has 0 spiro atoms. The van der Waals surface area contributed by atoms with E-state index in [-0.39, 0.29) is 6.61 Å². The van der Waals surface area contributed by atoms with Gasteiger partial charge in [-0.2, -0.15) is 11.8 Å². The minimum Gasteiger partial charge on any atom is -0.480 e. The van der Waals surface area contributed by atoms with Crippen LogP contribution in [0.2, 0.25) is 0 Å². The summed E-state index contributed by atoms with van der Waals surface area (Å²) < 4.78 is 5.05. The van der Waals surface area contributed by atoms with Crippen LogP contribution < -0.4 is 5.32 Å². The van der Waals surface area contributed by atoms with E-state index in [4.69, 9.17) is 4.74 Å². The van der Waals surface area contributed by atoms with Gasteiger partial charge in [0, 0.05) is 5.25 Å². The maximum absolute atomic E-state index is 11.7.